The van der Waals surface area contributed by atoms with Gasteiger partial charge in [0.2, 0.25) is 5.16 Å². The van der Waals surface area contributed by atoms with Crippen molar-refractivity contribution in [3.8, 4) is 0 Å². The Bertz CT molecular complexity index is 736. The maximum atomic E-state index is 5.95. The van der Waals surface area contributed by atoms with E-state index in [-0.39, 0.29) is 0 Å². The normalized spacial score (nSPS) is 17.4. The summed E-state index contributed by atoms with van der Waals surface area (Å²) in [5.74, 6) is 2.27. The molecule has 1 heterocycles. The molecule has 0 aliphatic heterocycles. The number of halogens is 1. The number of allylic oxidation sites excluding steroid dienone is 2. The molecule has 1 aromatic carbocycles. The number of nitrogens with zero attached hydrogens (tertiary/aromatic N) is 4. The number of aryl methyl sites for hydroxylation is 1. The molecular weight excluding hydrogens is 352 g/mol. The molecule has 25 heavy (non-hydrogen) atoms. The molecule has 0 fully saturated rings. The molecule has 4 nitrogen and oxygen atoms in total. The third-order valence-corrected chi connectivity index (χ3v) is 5.38. The molecule has 132 valence electrons. The average molecular weight is 375 g/mol. The summed E-state index contributed by atoms with van der Waals surface area (Å²) < 4.78 is 1.92. The summed E-state index contributed by atoms with van der Waals surface area (Å²) in [4.78, 5) is 0. The molecule has 0 radical (unpaired) electrons. The first kappa shape index (κ1) is 18.2. The SMILES string of the molecule is CCCc1nnc(SCc2ccc(Cl)cc2)n1/N=C\[C@@H]1CC=CCC1. The summed E-state index contributed by atoms with van der Waals surface area (Å²) in [5.41, 5.74) is 1.21. The van der Waals surface area contributed by atoms with Gasteiger partial charge in [-0.1, -0.05) is 54.6 Å². The van der Waals surface area contributed by atoms with Gasteiger partial charge in [-0.05, 0) is 49.3 Å². The van der Waals surface area contributed by atoms with Crippen molar-refractivity contribution < 1.29 is 0 Å². The Morgan fingerprint density at radius 2 is 2.12 bits per heavy atom. The minimum atomic E-state index is 0.510. The Morgan fingerprint density at radius 3 is 2.84 bits per heavy atom. The highest BCUT2D eigenvalue weighted by molar-refractivity contribution is 7.98. The third-order valence-electron chi connectivity index (χ3n) is 4.13. The van der Waals surface area contributed by atoms with Crippen LogP contribution in [0.25, 0.3) is 0 Å². The Balaban J connectivity index is 1.72. The lowest BCUT2D eigenvalue weighted by Gasteiger charge is -2.12. The van der Waals surface area contributed by atoms with Gasteiger partial charge in [-0.2, -0.15) is 9.78 Å². The third kappa shape index (κ3) is 5.19. The molecule has 3 rings (SSSR count). The molecule has 0 saturated carbocycles. The summed E-state index contributed by atoms with van der Waals surface area (Å²) in [6.07, 6.45) is 11.9. The van der Waals surface area contributed by atoms with Crippen LogP contribution in [0.15, 0.2) is 46.7 Å². The van der Waals surface area contributed by atoms with Gasteiger partial charge >= 0.3 is 0 Å². The summed E-state index contributed by atoms with van der Waals surface area (Å²) in [6.45, 7) is 2.15. The summed E-state index contributed by atoms with van der Waals surface area (Å²) >= 11 is 7.61. The average Bonchev–Trinajstić information content (AvgIpc) is 3.02. The fourth-order valence-corrected chi connectivity index (χ4v) is 3.71. The van der Waals surface area contributed by atoms with Crippen LogP contribution in [-0.4, -0.2) is 21.1 Å². The zero-order chi connectivity index (χ0) is 17.5. The maximum absolute atomic E-state index is 5.95. The van der Waals surface area contributed by atoms with Crippen molar-refractivity contribution in [3.05, 3.63) is 52.8 Å². The molecular formula is C19H23ClN4S. The maximum Gasteiger partial charge on any atom is 0.212 e. The Labute approximate surface area is 158 Å². The van der Waals surface area contributed by atoms with Crippen molar-refractivity contribution in [2.75, 3.05) is 0 Å². The van der Waals surface area contributed by atoms with E-state index >= 15 is 0 Å². The lowest BCUT2D eigenvalue weighted by molar-refractivity contribution is 0.614. The largest absolute Gasteiger partial charge is 0.212 e. The zero-order valence-corrected chi connectivity index (χ0v) is 16.0. The standard InChI is InChI=1S/C19H23ClN4S/c1-2-6-18-22-23-19(25-14-16-9-11-17(20)12-10-16)24(18)21-13-15-7-4-3-5-8-15/h3-4,9-13,15H,2,5-8,14H2,1H3/b21-13-/t15-/m1/s1. The fraction of sp³-hybridized carbons (Fsp3) is 0.421. The highest BCUT2D eigenvalue weighted by Crippen LogP contribution is 2.24. The van der Waals surface area contributed by atoms with Gasteiger partial charge < -0.3 is 0 Å². The van der Waals surface area contributed by atoms with Gasteiger partial charge in [0.05, 0.1) is 0 Å². The minimum absolute atomic E-state index is 0.510. The molecule has 6 heteroatoms. The highest BCUT2D eigenvalue weighted by Gasteiger charge is 2.13. The van der Waals surface area contributed by atoms with Crippen molar-refractivity contribution >= 4 is 29.6 Å². The molecule has 1 atom stereocenters. The van der Waals surface area contributed by atoms with Gasteiger partial charge in [0, 0.05) is 23.4 Å². The van der Waals surface area contributed by atoms with E-state index in [1.165, 1.54) is 12.0 Å². The second-order valence-electron chi connectivity index (χ2n) is 6.18. The van der Waals surface area contributed by atoms with Crippen LogP contribution < -0.4 is 0 Å². The van der Waals surface area contributed by atoms with Crippen LogP contribution >= 0.6 is 23.4 Å². The van der Waals surface area contributed by atoms with E-state index in [9.17, 15) is 0 Å². The molecule has 0 saturated heterocycles. The zero-order valence-electron chi connectivity index (χ0n) is 14.4. The second-order valence-corrected chi connectivity index (χ2v) is 7.56. The Kier molecular flexibility index (Phi) is 6.70. The van der Waals surface area contributed by atoms with Crippen molar-refractivity contribution in [2.45, 2.75) is 49.9 Å². The summed E-state index contributed by atoms with van der Waals surface area (Å²) in [6, 6.07) is 7.92. The van der Waals surface area contributed by atoms with Crippen LogP contribution in [0.5, 0.6) is 0 Å². The molecule has 1 aliphatic carbocycles. The van der Waals surface area contributed by atoms with Gasteiger partial charge in [0.25, 0.3) is 0 Å². The number of rotatable bonds is 7. The predicted molar refractivity (Wildman–Crippen MR) is 105 cm³/mol. The first-order chi connectivity index (χ1) is 12.3. The molecule has 0 amide bonds. The highest BCUT2D eigenvalue weighted by atomic mass is 35.5. The van der Waals surface area contributed by atoms with Crippen LogP contribution in [0.4, 0.5) is 0 Å². The number of thioether (sulfide) groups is 1. The first-order valence-electron chi connectivity index (χ1n) is 8.77. The van der Waals surface area contributed by atoms with E-state index in [1.807, 2.05) is 28.9 Å². The van der Waals surface area contributed by atoms with Crippen LogP contribution in [0.3, 0.4) is 0 Å². The first-order valence-corrected chi connectivity index (χ1v) is 10.1. The number of hydrogen-bond donors (Lipinski definition) is 0. The van der Waals surface area contributed by atoms with E-state index < -0.39 is 0 Å². The van der Waals surface area contributed by atoms with Gasteiger partial charge in [0.15, 0.2) is 5.82 Å². The summed E-state index contributed by atoms with van der Waals surface area (Å²) in [7, 11) is 0. The van der Waals surface area contributed by atoms with Gasteiger partial charge in [-0.3, -0.25) is 0 Å². The van der Waals surface area contributed by atoms with E-state index in [2.05, 4.69) is 35.5 Å². The van der Waals surface area contributed by atoms with Crippen molar-refractivity contribution in [1.29, 1.82) is 0 Å². The Morgan fingerprint density at radius 1 is 1.28 bits per heavy atom. The molecule has 1 aromatic heterocycles. The molecule has 1 aliphatic rings. The Hall–Kier alpha value is -1.59. The van der Waals surface area contributed by atoms with Crippen molar-refractivity contribution in [2.24, 2.45) is 11.0 Å². The number of benzene rings is 1. The smallest absolute Gasteiger partial charge is 0.192 e. The van der Waals surface area contributed by atoms with Crippen molar-refractivity contribution in [1.82, 2.24) is 14.9 Å². The topological polar surface area (TPSA) is 43.1 Å². The lowest BCUT2D eigenvalue weighted by Crippen LogP contribution is -2.07. The van der Waals surface area contributed by atoms with Crippen LogP contribution in [0.2, 0.25) is 5.02 Å². The minimum Gasteiger partial charge on any atom is -0.192 e. The molecule has 0 N–H and O–H groups in total. The van der Waals surface area contributed by atoms with Crippen LogP contribution in [0.1, 0.15) is 44.0 Å². The van der Waals surface area contributed by atoms with E-state index in [0.29, 0.717) is 5.92 Å². The molecule has 0 unspecified atom stereocenters. The van der Waals surface area contributed by atoms with Crippen LogP contribution in [0, 0.1) is 5.92 Å². The van der Waals surface area contributed by atoms with Gasteiger partial charge in [-0.25, -0.2) is 0 Å². The predicted octanol–water partition coefficient (Wildman–Crippen LogP) is 5.37. The van der Waals surface area contributed by atoms with Gasteiger partial charge in [-0.15, -0.1) is 10.2 Å². The van der Waals surface area contributed by atoms with Crippen molar-refractivity contribution in [3.63, 3.8) is 0 Å². The second kappa shape index (κ2) is 9.20. The van der Waals surface area contributed by atoms with E-state index in [4.69, 9.17) is 16.7 Å². The molecule has 2 aromatic rings. The monoisotopic (exact) mass is 374 g/mol. The van der Waals surface area contributed by atoms with Crippen LogP contribution in [-0.2, 0) is 12.2 Å². The number of aromatic nitrogens is 3. The molecule has 0 spiro atoms. The number of hydrogen-bond acceptors (Lipinski definition) is 4. The summed E-state index contributed by atoms with van der Waals surface area (Å²) in [5, 5.41) is 15.0. The van der Waals surface area contributed by atoms with E-state index in [1.54, 1.807) is 11.8 Å². The molecule has 0 bridgehead atoms. The lowest BCUT2D eigenvalue weighted by atomic mass is 9.96. The fourth-order valence-electron chi connectivity index (χ4n) is 2.72. The van der Waals surface area contributed by atoms with E-state index in [0.717, 1.165) is 47.4 Å². The van der Waals surface area contributed by atoms with Gasteiger partial charge in [0.1, 0.15) is 0 Å². The quantitative estimate of drug-likeness (QED) is 0.372.